The summed E-state index contributed by atoms with van der Waals surface area (Å²) in [7, 11) is 0. The number of aromatic nitrogens is 2. The molecule has 0 aliphatic heterocycles. The van der Waals surface area contributed by atoms with E-state index in [1.807, 2.05) is 0 Å². The van der Waals surface area contributed by atoms with Gasteiger partial charge in [-0.1, -0.05) is 0 Å². The molecule has 0 amide bonds. The van der Waals surface area contributed by atoms with Crippen molar-refractivity contribution >= 4 is 11.5 Å². The highest BCUT2D eigenvalue weighted by atomic mass is 16.5. The third-order valence-corrected chi connectivity index (χ3v) is 1.69. The number of carbonyl (C=O) groups is 1. The molecule has 1 aromatic rings. The van der Waals surface area contributed by atoms with Crippen molar-refractivity contribution in [2.75, 3.05) is 6.61 Å². The van der Waals surface area contributed by atoms with Gasteiger partial charge in [-0.2, -0.15) is 0 Å². The molecule has 14 heavy (non-hydrogen) atoms. The highest BCUT2D eigenvalue weighted by molar-refractivity contribution is 5.90. The van der Waals surface area contributed by atoms with Crippen LogP contribution in [0.3, 0.4) is 0 Å². The maximum Gasteiger partial charge on any atom is 0.331 e. The van der Waals surface area contributed by atoms with E-state index in [-0.39, 0.29) is 5.56 Å². The lowest BCUT2D eigenvalue weighted by molar-refractivity contribution is -0.137. The zero-order valence-electron chi connectivity index (χ0n) is 8.09. The molecule has 0 unspecified atom stereocenters. The molecule has 0 atom stereocenters. The van der Waals surface area contributed by atoms with Gasteiger partial charge in [0.15, 0.2) is 0 Å². The Morgan fingerprint density at radius 3 is 2.86 bits per heavy atom. The van der Waals surface area contributed by atoms with Crippen LogP contribution in [0.5, 0.6) is 0 Å². The molecule has 0 radical (unpaired) electrons. The van der Waals surface area contributed by atoms with Crippen molar-refractivity contribution in [1.82, 2.24) is 10.2 Å². The fourth-order valence-corrected chi connectivity index (χ4v) is 1.04. The van der Waals surface area contributed by atoms with Crippen molar-refractivity contribution in [3.8, 4) is 0 Å². The number of allylic oxidation sites excluding steroid dienone is 1. The first-order valence-electron chi connectivity index (χ1n) is 4.26. The number of esters is 1. The van der Waals surface area contributed by atoms with Crippen LogP contribution in [0.2, 0.25) is 0 Å². The molecule has 1 rings (SSSR count). The summed E-state index contributed by atoms with van der Waals surface area (Å²) in [6.07, 6.45) is 2.80. The molecule has 5 heteroatoms. The number of hydrogen-bond donors (Lipinski definition) is 2. The Bertz CT molecular complexity index is 400. The van der Waals surface area contributed by atoms with Gasteiger partial charge >= 0.3 is 5.97 Å². The van der Waals surface area contributed by atoms with Crippen molar-refractivity contribution in [1.29, 1.82) is 0 Å². The zero-order valence-corrected chi connectivity index (χ0v) is 8.09. The largest absolute Gasteiger partial charge is 0.463 e. The standard InChI is InChI=1S/C9H12N2O3/c1-3-14-8(12)4-6(2)7-5-10-11-9(7)13/h4-5H,3H2,1-2H3,(H2,10,11,13). The minimum atomic E-state index is -0.439. The smallest absolute Gasteiger partial charge is 0.331 e. The normalized spacial score (nSPS) is 11.4. The number of ether oxygens (including phenoxy) is 1. The molecular formula is C9H12N2O3. The molecule has 0 bridgehead atoms. The zero-order chi connectivity index (χ0) is 10.6. The van der Waals surface area contributed by atoms with Crippen LogP contribution in [0, 0.1) is 0 Å². The summed E-state index contributed by atoms with van der Waals surface area (Å²) >= 11 is 0. The molecular weight excluding hydrogens is 184 g/mol. The molecule has 2 N–H and O–H groups in total. The highest BCUT2D eigenvalue weighted by Crippen LogP contribution is 2.06. The summed E-state index contributed by atoms with van der Waals surface area (Å²) in [5.74, 6) is -0.439. The monoisotopic (exact) mass is 196 g/mol. The molecule has 1 aromatic heterocycles. The van der Waals surface area contributed by atoms with E-state index >= 15 is 0 Å². The highest BCUT2D eigenvalue weighted by Gasteiger charge is 2.04. The van der Waals surface area contributed by atoms with Crippen LogP contribution in [-0.2, 0) is 9.53 Å². The molecule has 0 fully saturated rings. The first-order valence-corrected chi connectivity index (χ1v) is 4.26. The minimum Gasteiger partial charge on any atom is -0.463 e. The van der Waals surface area contributed by atoms with Crippen LogP contribution >= 0.6 is 0 Å². The van der Waals surface area contributed by atoms with E-state index in [0.717, 1.165) is 0 Å². The molecule has 0 aliphatic rings. The lowest BCUT2D eigenvalue weighted by Gasteiger charge is -1.97. The minimum absolute atomic E-state index is 0.247. The molecule has 0 aliphatic carbocycles. The Kier molecular flexibility index (Phi) is 3.28. The average Bonchev–Trinajstić information content (AvgIpc) is 2.51. The number of rotatable bonds is 3. The molecule has 0 saturated heterocycles. The van der Waals surface area contributed by atoms with Crippen molar-refractivity contribution in [3.63, 3.8) is 0 Å². The molecule has 76 valence electrons. The van der Waals surface area contributed by atoms with Crippen molar-refractivity contribution < 1.29 is 9.53 Å². The van der Waals surface area contributed by atoms with Gasteiger partial charge in [-0.15, -0.1) is 0 Å². The third-order valence-electron chi connectivity index (χ3n) is 1.69. The molecule has 0 aromatic carbocycles. The third kappa shape index (κ3) is 2.35. The van der Waals surface area contributed by atoms with Gasteiger partial charge < -0.3 is 9.84 Å². The predicted molar refractivity (Wildman–Crippen MR) is 51.7 cm³/mol. The number of aromatic amines is 2. The lowest BCUT2D eigenvalue weighted by atomic mass is 10.1. The van der Waals surface area contributed by atoms with Crippen LogP contribution in [0.25, 0.3) is 5.57 Å². The number of hydrogen-bond acceptors (Lipinski definition) is 3. The maximum atomic E-state index is 11.1. The lowest BCUT2D eigenvalue weighted by Crippen LogP contribution is -2.06. The van der Waals surface area contributed by atoms with E-state index in [0.29, 0.717) is 17.7 Å². The van der Waals surface area contributed by atoms with Crippen LogP contribution < -0.4 is 5.56 Å². The van der Waals surface area contributed by atoms with Crippen LogP contribution in [0.4, 0.5) is 0 Å². The summed E-state index contributed by atoms with van der Waals surface area (Å²) in [4.78, 5) is 22.2. The van der Waals surface area contributed by atoms with Crippen molar-refractivity contribution in [3.05, 3.63) is 28.2 Å². The molecule has 0 spiro atoms. The van der Waals surface area contributed by atoms with Crippen molar-refractivity contribution in [2.45, 2.75) is 13.8 Å². The van der Waals surface area contributed by atoms with Gasteiger partial charge in [0.2, 0.25) is 0 Å². The van der Waals surface area contributed by atoms with Crippen LogP contribution in [-0.4, -0.2) is 22.8 Å². The number of carbonyl (C=O) groups excluding carboxylic acids is 1. The fraction of sp³-hybridized carbons (Fsp3) is 0.333. The quantitative estimate of drug-likeness (QED) is 0.551. The molecule has 0 saturated carbocycles. The summed E-state index contributed by atoms with van der Waals surface area (Å²) in [6.45, 7) is 3.73. The van der Waals surface area contributed by atoms with E-state index in [2.05, 4.69) is 10.2 Å². The van der Waals surface area contributed by atoms with Gasteiger partial charge in [-0.3, -0.25) is 9.89 Å². The Labute approximate surface area is 80.8 Å². The van der Waals surface area contributed by atoms with Gasteiger partial charge in [0.05, 0.1) is 12.2 Å². The van der Waals surface area contributed by atoms with Crippen LogP contribution in [0.15, 0.2) is 17.1 Å². The summed E-state index contributed by atoms with van der Waals surface area (Å²) < 4.78 is 4.71. The first kappa shape index (κ1) is 10.3. The van der Waals surface area contributed by atoms with Gasteiger partial charge in [-0.05, 0) is 19.4 Å². The van der Waals surface area contributed by atoms with Gasteiger partial charge in [0.25, 0.3) is 5.56 Å². The first-order chi connectivity index (χ1) is 6.65. The Morgan fingerprint density at radius 1 is 1.64 bits per heavy atom. The topological polar surface area (TPSA) is 75.0 Å². The second-order valence-corrected chi connectivity index (χ2v) is 2.74. The van der Waals surface area contributed by atoms with Gasteiger partial charge in [0.1, 0.15) is 0 Å². The average molecular weight is 196 g/mol. The summed E-state index contributed by atoms with van der Waals surface area (Å²) in [5, 5.41) is 4.93. The van der Waals surface area contributed by atoms with Gasteiger partial charge in [-0.25, -0.2) is 4.79 Å². The summed E-state index contributed by atoms with van der Waals surface area (Å²) in [6, 6.07) is 0. The Hall–Kier alpha value is -1.78. The molecule has 5 nitrogen and oxygen atoms in total. The second kappa shape index (κ2) is 4.45. The van der Waals surface area contributed by atoms with Crippen molar-refractivity contribution in [2.24, 2.45) is 0 Å². The Balaban J connectivity index is 2.85. The van der Waals surface area contributed by atoms with E-state index in [4.69, 9.17) is 4.74 Å². The summed E-state index contributed by atoms with van der Waals surface area (Å²) in [5.41, 5.74) is 0.770. The Morgan fingerprint density at radius 2 is 2.36 bits per heavy atom. The number of H-pyrrole nitrogens is 2. The maximum absolute atomic E-state index is 11.1. The fourth-order valence-electron chi connectivity index (χ4n) is 1.04. The number of nitrogens with one attached hydrogen (secondary N) is 2. The van der Waals surface area contributed by atoms with E-state index < -0.39 is 5.97 Å². The predicted octanol–water partition coefficient (Wildman–Crippen LogP) is 0.669. The van der Waals surface area contributed by atoms with Crippen LogP contribution in [0.1, 0.15) is 19.4 Å². The second-order valence-electron chi connectivity index (χ2n) is 2.74. The van der Waals surface area contributed by atoms with E-state index in [1.165, 1.54) is 12.3 Å². The van der Waals surface area contributed by atoms with E-state index in [1.54, 1.807) is 13.8 Å². The van der Waals surface area contributed by atoms with E-state index in [9.17, 15) is 9.59 Å². The SMILES string of the molecule is CCOC(=O)C=C(C)c1c[nH][nH]c1=O. The molecule has 1 heterocycles. The van der Waals surface area contributed by atoms with Gasteiger partial charge in [0, 0.05) is 12.3 Å².